The van der Waals surface area contributed by atoms with Gasteiger partial charge >= 0.3 is 5.97 Å². The minimum absolute atomic E-state index is 0.0631. The van der Waals surface area contributed by atoms with E-state index >= 15 is 0 Å². The Morgan fingerprint density at radius 1 is 1.15 bits per heavy atom. The van der Waals surface area contributed by atoms with Gasteiger partial charge in [-0.15, -0.1) is 0 Å². The summed E-state index contributed by atoms with van der Waals surface area (Å²) >= 11 is 0. The number of oxime groups is 1. The van der Waals surface area contributed by atoms with E-state index in [1.807, 2.05) is 6.92 Å². The molecular formula is C19H23NO7. The van der Waals surface area contributed by atoms with Crippen molar-refractivity contribution in [2.24, 2.45) is 28.8 Å². The standard InChI is InChI=1S/C19H23NO7/c1-7-4-8(2)14(22)12-17-19(27-18(12)24)6-9(3)16(26-17)15(23)13(19)10(20-25)5-11(7)21/h7-9,13,15-16,23,25H,4-6H2,1-3H3/b20-10+/t7-,8+,9+,13?,15-,16+,19+/m0/s1. The van der Waals surface area contributed by atoms with Crippen LogP contribution in [0.15, 0.2) is 16.5 Å². The molecule has 3 aliphatic heterocycles. The molecule has 1 spiro atoms. The highest BCUT2D eigenvalue weighted by Crippen LogP contribution is 2.56. The van der Waals surface area contributed by atoms with Gasteiger partial charge in [-0.05, 0) is 12.3 Å². The Morgan fingerprint density at radius 3 is 2.52 bits per heavy atom. The third-order valence-electron chi connectivity index (χ3n) is 6.50. The van der Waals surface area contributed by atoms with Gasteiger partial charge in [0.25, 0.3) is 0 Å². The van der Waals surface area contributed by atoms with Crippen molar-refractivity contribution in [1.82, 2.24) is 0 Å². The fourth-order valence-electron chi connectivity index (χ4n) is 5.16. The van der Waals surface area contributed by atoms with Crippen LogP contribution in [0.2, 0.25) is 0 Å². The minimum atomic E-state index is -1.41. The molecule has 7 atom stereocenters. The number of ketones is 2. The Labute approximate surface area is 156 Å². The van der Waals surface area contributed by atoms with Gasteiger partial charge in [-0.3, -0.25) is 9.59 Å². The van der Waals surface area contributed by atoms with E-state index < -0.39 is 47.3 Å². The average molecular weight is 377 g/mol. The maximum Gasteiger partial charge on any atom is 0.346 e. The summed E-state index contributed by atoms with van der Waals surface area (Å²) in [5.41, 5.74) is -1.48. The normalized spacial score (nSPS) is 45.6. The molecule has 1 unspecified atom stereocenters. The van der Waals surface area contributed by atoms with Gasteiger partial charge < -0.3 is 19.8 Å². The molecule has 5 rings (SSSR count). The third kappa shape index (κ3) is 2.32. The van der Waals surface area contributed by atoms with Gasteiger partial charge in [0.1, 0.15) is 23.6 Å². The van der Waals surface area contributed by atoms with Crippen LogP contribution in [0.1, 0.15) is 40.0 Å². The summed E-state index contributed by atoms with van der Waals surface area (Å²) in [6.45, 7) is 5.24. The summed E-state index contributed by atoms with van der Waals surface area (Å²) in [7, 11) is 0. The lowest BCUT2D eigenvalue weighted by atomic mass is 9.62. The van der Waals surface area contributed by atoms with Crippen LogP contribution in [-0.4, -0.2) is 51.4 Å². The van der Waals surface area contributed by atoms with Gasteiger partial charge in [0.2, 0.25) is 0 Å². The molecular weight excluding hydrogens is 354 g/mol. The van der Waals surface area contributed by atoms with E-state index in [0.717, 1.165) is 0 Å². The quantitative estimate of drug-likeness (QED) is 0.279. The monoisotopic (exact) mass is 377 g/mol. The maximum absolute atomic E-state index is 13.0. The van der Waals surface area contributed by atoms with Crippen molar-refractivity contribution in [3.63, 3.8) is 0 Å². The highest BCUT2D eigenvalue weighted by molar-refractivity contribution is 6.21. The second-order valence-electron chi connectivity index (χ2n) is 8.35. The van der Waals surface area contributed by atoms with Crippen LogP contribution in [0.4, 0.5) is 0 Å². The second kappa shape index (κ2) is 5.89. The van der Waals surface area contributed by atoms with Crippen LogP contribution in [0.3, 0.4) is 0 Å². The summed E-state index contributed by atoms with van der Waals surface area (Å²) in [5, 5.41) is 23.8. The van der Waals surface area contributed by atoms with E-state index in [2.05, 4.69) is 5.16 Å². The highest BCUT2D eigenvalue weighted by atomic mass is 16.6. The number of carbonyl (C=O) groups excluding carboxylic acids is 3. The summed E-state index contributed by atoms with van der Waals surface area (Å²) < 4.78 is 11.6. The molecule has 8 heteroatoms. The molecule has 3 fully saturated rings. The molecule has 0 radical (unpaired) electrons. The second-order valence-corrected chi connectivity index (χ2v) is 8.35. The van der Waals surface area contributed by atoms with Crippen LogP contribution >= 0.6 is 0 Å². The van der Waals surface area contributed by atoms with Gasteiger partial charge in [0, 0.05) is 24.7 Å². The maximum atomic E-state index is 13.0. The lowest BCUT2D eigenvalue weighted by Gasteiger charge is -2.54. The number of nitrogens with zero attached hydrogens (tertiary/aromatic N) is 1. The summed E-state index contributed by atoms with van der Waals surface area (Å²) in [6.07, 6.45) is -1.38. The predicted octanol–water partition coefficient (Wildman–Crippen LogP) is 0.986. The van der Waals surface area contributed by atoms with E-state index in [1.54, 1.807) is 13.8 Å². The van der Waals surface area contributed by atoms with Crippen molar-refractivity contribution in [2.45, 2.75) is 57.8 Å². The molecule has 1 saturated carbocycles. The number of hydrogen-bond donors (Lipinski definition) is 2. The molecule has 0 aromatic rings. The number of carbonyl (C=O) groups is 3. The van der Waals surface area contributed by atoms with E-state index in [-0.39, 0.29) is 41.6 Å². The number of Topliss-reactive ketones (excluding diaryl/α,β-unsaturated/α-hetero) is 2. The molecule has 0 aromatic heterocycles. The molecule has 2 N–H and O–H groups in total. The zero-order chi connectivity index (χ0) is 19.7. The van der Waals surface area contributed by atoms with Gasteiger partial charge in [-0.1, -0.05) is 25.9 Å². The first-order chi connectivity index (χ1) is 12.7. The van der Waals surface area contributed by atoms with Crippen molar-refractivity contribution in [1.29, 1.82) is 0 Å². The Hall–Kier alpha value is -2.22. The topological polar surface area (TPSA) is 122 Å². The number of hydrogen-bond acceptors (Lipinski definition) is 8. The van der Waals surface area contributed by atoms with Gasteiger partial charge in [0.15, 0.2) is 17.1 Å². The third-order valence-corrected chi connectivity index (χ3v) is 6.50. The minimum Gasteiger partial charge on any atom is -0.486 e. The van der Waals surface area contributed by atoms with Gasteiger partial charge in [-0.25, -0.2) is 4.79 Å². The Balaban J connectivity index is 1.95. The van der Waals surface area contributed by atoms with Crippen molar-refractivity contribution < 1.29 is 34.2 Å². The van der Waals surface area contributed by atoms with Crippen molar-refractivity contribution in [2.75, 3.05) is 0 Å². The lowest BCUT2D eigenvalue weighted by molar-refractivity contribution is -0.216. The molecule has 146 valence electrons. The zero-order valence-electron chi connectivity index (χ0n) is 15.5. The summed E-state index contributed by atoms with van der Waals surface area (Å²) in [6, 6.07) is 0. The zero-order valence-corrected chi connectivity index (χ0v) is 15.5. The van der Waals surface area contributed by atoms with Crippen LogP contribution in [0.5, 0.6) is 0 Å². The number of ether oxygens (including phenoxy) is 2. The fourth-order valence-corrected chi connectivity index (χ4v) is 5.16. The largest absolute Gasteiger partial charge is 0.486 e. The Kier molecular flexibility index (Phi) is 3.96. The number of aliphatic hydroxyl groups excluding tert-OH is 1. The lowest BCUT2D eigenvalue weighted by Crippen LogP contribution is -2.66. The number of fused-ring (bicyclic) bond motifs is 1. The first-order valence-corrected chi connectivity index (χ1v) is 9.31. The average Bonchev–Trinajstić information content (AvgIpc) is 2.89. The molecule has 0 aromatic carbocycles. The summed E-state index contributed by atoms with van der Waals surface area (Å²) in [5.74, 6) is -3.32. The molecule has 2 aliphatic carbocycles. The van der Waals surface area contributed by atoms with E-state index in [9.17, 15) is 24.7 Å². The number of esters is 1. The smallest absolute Gasteiger partial charge is 0.346 e. The Bertz CT molecular complexity index is 800. The van der Waals surface area contributed by atoms with Crippen molar-refractivity contribution in [3.8, 4) is 0 Å². The van der Waals surface area contributed by atoms with Crippen LogP contribution < -0.4 is 0 Å². The summed E-state index contributed by atoms with van der Waals surface area (Å²) in [4.78, 5) is 38.3. The Morgan fingerprint density at radius 2 is 1.85 bits per heavy atom. The first-order valence-electron chi connectivity index (χ1n) is 9.31. The molecule has 5 bridgehead atoms. The molecule has 0 amide bonds. The first kappa shape index (κ1) is 18.2. The molecule has 8 nitrogen and oxygen atoms in total. The van der Waals surface area contributed by atoms with Crippen LogP contribution in [0.25, 0.3) is 0 Å². The molecule has 5 aliphatic rings. The highest BCUT2D eigenvalue weighted by Gasteiger charge is 2.69. The van der Waals surface area contributed by atoms with Crippen LogP contribution in [0, 0.1) is 23.7 Å². The van der Waals surface area contributed by atoms with Gasteiger partial charge in [0.05, 0.1) is 11.6 Å². The van der Waals surface area contributed by atoms with Crippen molar-refractivity contribution in [3.05, 3.63) is 11.3 Å². The van der Waals surface area contributed by atoms with E-state index in [0.29, 0.717) is 6.42 Å². The molecule has 3 heterocycles. The predicted molar refractivity (Wildman–Crippen MR) is 90.8 cm³/mol. The molecule has 2 saturated heterocycles. The van der Waals surface area contributed by atoms with Crippen molar-refractivity contribution >= 4 is 23.2 Å². The SMILES string of the molecule is C[C@@H]1C[C@H](C)C(=O)C/C(=N\O)C2[C@H](O)[C@@H]3OC4=C(C(=O)O[C@@]42C[C@H]3C)C1=O. The van der Waals surface area contributed by atoms with Gasteiger partial charge in [-0.2, -0.15) is 0 Å². The van der Waals surface area contributed by atoms with E-state index in [1.165, 1.54) is 0 Å². The number of rotatable bonds is 0. The number of aliphatic hydroxyl groups is 1. The van der Waals surface area contributed by atoms with Crippen LogP contribution in [-0.2, 0) is 23.9 Å². The fraction of sp³-hybridized carbons (Fsp3) is 0.684. The van der Waals surface area contributed by atoms with E-state index in [4.69, 9.17) is 9.47 Å². The molecule has 27 heavy (non-hydrogen) atoms.